The quantitative estimate of drug-likeness (QED) is 0.849. The summed E-state index contributed by atoms with van der Waals surface area (Å²) in [4.78, 5) is 24.2. The largest absolute Gasteiger partial charge is 0.481 e. The van der Waals surface area contributed by atoms with Crippen molar-refractivity contribution in [2.24, 2.45) is 5.92 Å². The molecule has 0 aromatic carbocycles. The number of nitrogens with one attached hydrogen (secondary N) is 1. The van der Waals surface area contributed by atoms with Crippen molar-refractivity contribution in [3.05, 3.63) is 24.2 Å². The number of likely N-dealkylation sites (tertiary alicyclic amines) is 1. The maximum atomic E-state index is 11.8. The molecule has 0 spiro atoms. The van der Waals surface area contributed by atoms with Crippen LogP contribution >= 0.6 is 0 Å². The van der Waals surface area contributed by atoms with Crippen LogP contribution in [0.5, 0.6) is 0 Å². The molecule has 1 fully saturated rings. The highest BCUT2D eigenvalue weighted by Gasteiger charge is 2.26. The molecule has 2 rings (SSSR count). The lowest BCUT2D eigenvalue weighted by Gasteiger charge is -2.30. The molecule has 0 atom stereocenters. The number of piperidine rings is 1. The van der Waals surface area contributed by atoms with Gasteiger partial charge in [-0.15, -0.1) is 0 Å². The van der Waals surface area contributed by atoms with Crippen molar-refractivity contribution in [1.82, 2.24) is 10.2 Å². The smallest absolute Gasteiger partial charge is 0.317 e. The van der Waals surface area contributed by atoms with Gasteiger partial charge in [0.2, 0.25) is 0 Å². The Morgan fingerprint density at radius 2 is 2.17 bits per heavy atom. The average molecular weight is 252 g/mol. The van der Waals surface area contributed by atoms with Gasteiger partial charge in [-0.2, -0.15) is 0 Å². The molecule has 0 aliphatic carbocycles. The molecule has 1 aliphatic rings. The topological polar surface area (TPSA) is 82.8 Å². The van der Waals surface area contributed by atoms with Gasteiger partial charge in [0.1, 0.15) is 5.76 Å². The molecule has 98 valence electrons. The van der Waals surface area contributed by atoms with Gasteiger partial charge < -0.3 is 19.7 Å². The summed E-state index contributed by atoms with van der Waals surface area (Å²) >= 11 is 0. The minimum absolute atomic E-state index is 0.171. The van der Waals surface area contributed by atoms with E-state index in [-0.39, 0.29) is 11.9 Å². The molecule has 2 heterocycles. The molecular weight excluding hydrogens is 236 g/mol. The van der Waals surface area contributed by atoms with E-state index in [1.807, 2.05) is 0 Å². The van der Waals surface area contributed by atoms with Crippen LogP contribution in [0.4, 0.5) is 4.79 Å². The number of hydrogen-bond acceptors (Lipinski definition) is 3. The molecule has 1 aliphatic heterocycles. The molecule has 0 saturated carbocycles. The van der Waals surface area contributed by atoms with Crippen LogP contribution < -0.4 is 5.32 Å². The number of amides is 2. The lowest BCUT2D eigenvalue weighted by Crippen LogP contribution is -2.45. The van der Waals surface area contributed by atoms with E-state index < -0.39 is 5.97 Å². The van der Waals surface area contributed by atoms with Gasteiger partial charge in [-0.25, -0.2) is 4.79 Å². The number of carboxylic acid groups (broad SMARTS) is 1. The molecule has 6 nitrogen and oxygen atoms in total. The van der Waals surface area contributed by atoms with E-state index >= 15 is 0 Å². The number of carbonyl (C=O) groups excluding carboxylic acids is 1. The van der Waals surface area contributed by atoms with E-state index in [9.17, 15) is 9.59 Å². The van der Waals surface area contributed by atoms with Crippen molar-refractivity contribution in [2.75, 3.05) is 13.1 Å². The number of rotatable bonds is 3. The third-order valence-corrected chi connectivity index (χ3v) is 3.13. The van der Waals surface area contributed by atoms with Gasteiger partial charge in [-0.05, 0) is 25.0 Å². The highest BCUT2D eigenvalue weighted by atomic mass is 16.4. The number of furan rings is 1. The van der Waals surface area contributed by atoms with Gasteiger partial charge >= 0.3 is 12.0 Å². The normalized spacial score (nSPS) is 16.6. The minimum atomic E-state index is -0.773. The molecular formula is C12H16N2O4. The second kappa shape index (κ2) is 5.57. The van der Waals surface area contributed by atoms with E-state index in [1.54, 1.807) is 23.3 Å². The fourth-order valence-corrected chi connectivity index (χ4v) is 2.02. The number of nitrogens with zero attached hydrogens (tertiary/aromatic N) is 1. The third kappa shape index (κ3) is 3.03. The first-order chi connectivity index (χ1) is 8.66. The average Bonchev–Trinajstić information content (AvgIpc) is 2.89. The van der Waals surface area contributed by atoms with Crippen LogP contribution in [0.3, 0.4) is 0 Å². The molecule has 1 saturated heterocycles. The van der Waals surface area contributed by atoms with E-state index in [4.69, 9.17) is 9.52 Å². The fourth-order valence-electron chi connectivity index (χ4n) is 2.02. The van der Waals surface area contributed by atoms with E-state index in [2.05, 4.69) is 5.32 Å². The molecule has 6 heteroatoms. The van der Waals surface area contributed by atoms with E-state index in [1.165, 1.54) is 0 Å². The summed E-state index contributed by atoms with van der Waals surface area (Å²) in [5, 5.41) is 11.6. The van der Waals surface area contributed by atoms with Crippen molar-refractivity contribution in [3.63, 3.8) is 0 Å². The zero-order valence-corrected chi connectivity index (χ0v) is 9.96. The zero-order valence-electron chi connectivity index (χ0n) is 9.96. The first-order valence-electron chi connectivity index (χ1n) is 5.95. The standard InChI is InChI=1S/C12H16N2O4/c15-11(16)9-3-5-14(6-4-9)12(17)13-8-10-2-1-7-18-10/h1-2,7,9H,3-6,8H2,(H,13,17)(H,15,16). The lowest BCUT2D eigenvalue weighted by atomic mass is 9.97. The third-order valence-electron chi connectivity index (χ3n) is 3.13. The molecule has 0 bridgehead atoms. The van der Waals surface area contributed by atoms with Crippen molar-refractivity contribution in [1.29, 1.82) is 0 Å². The number of aliphatic carboxylic acids is 1. The van der Waals surface area contributed by atoms with Gasteiger partial charge in [0, 0.05) is 13.1 Å². The molecule has 18 heavy (non-hydrogen) atoms. The number of urea groups is 1. The zero-order chi connectivity index (χ0) is 13.0. The van der Waals surface area contributed by atoms with Gasteiger partial charge in [-0.3, -0.25) is 4.79 Å². The summed E-state index contributed by atoms with van der Waals surface area (Å²) in [6, 6.07) is 3.38. The fraction of sp³-hybridized carbons (Fsp3) is 0.500. The number of carbonyl (C=O) groups is 2. The predicted octanol–water partition coefficient (Wildman–Crippen LogP) is 1.29. The maximum Gasteiger partial charge on any atom is 0.317 e. The predicted molar refractivity (Wildman–Crippen MR) is 62.9 cm³/mol. The Hall–Kier alpha value is -1.98. The van der Waals surface area contributed by atoms with Crippen molar-refractivity contribution in [3.8, 4) is 0 Å². The first kappa shape index (κ1) is 12.5. The van der Waals surface area contributed by atoms with Gasteiger partial charge in [-0.1, -0.05) is 0 Å². The monoisotopic (exact) mass is 252 g/mol. The number of carboxylic acids is 1. The Morgan fingerprint density at radius 3 is 2.72 bits per heavy atom. The van der Waals surface area contributed by atoms with Crippen molar-refractivity contribution in [2.45, 2.75) is 19.4 Å². The molecule has 0 unspecified atom stereocenters. The van der Waals surface area contributed by atoms with Gasteiger partial charge in [0.25, 0.3) is 0 Å². The van der Waals surface area contributed by atoms with Gasteiger partial charge in [0.15, 0.2) is 0 Å². The van der Waals surface area contributed by atoms with Crippen LogP contribution in [0, 0.1) is 5.92 Å². The molecule has 2 N–H and O–H groups in total. The first-order valence-corrected chi connectivity index (χ1v) is 5.95. The summed E-state index contributed by atoms with van der Waals surface area (Å²) in [5.41, 5.74) is 0. The number of hydrogen-bond donors (Lipinski definition) is 2. The van der Waals surface area contributed by atoms with E-state index in [0.717, 1.165) is 0 Å². The SMILES string of the molecule is O=C(O)C1CCN(C(=O)NCc2ccco2)CC1. The highest BCUT2D eigenvalue weighted by molar-refractivity contribution is 5.75. The summed E-state index contributed by atoms with van der Waals surface area (Å²) < 4.78 is 5.11. The Morgan fingerprint density at radius 1 is 1.44 bits per heavy atom. The molecule has 2 amide bonds. The summed E-state index contributed by atoms with van der Waals surface area (Å²) in [6.45, 7) is 1.33. The molecule has 1 aromatic rings. The minimum Gasteiger partial charge on any atom is -0.481 e. The summed E-state index contributed by atoms with van der Waals surface area (Å²) in [6.07, 6.45) is 2.59. The molecule has 0 radical (unpaired) electrons. The van der Waals surface area contributed by atoms with Crippen molar-refractivity contribution >= 4 is 12.0 Å². The van der Waals surface area contributed by atoms with Crippen LogP contribution in [-0.4, -0.2) is 35.1 Å². The van der Waals surface area contributed by atoms with Gasteiger partial charge in [0.05, 0.1) is 18.7 Å². The Balaban J connectivity index is 1.75. The second-order valence-electron chi connectivity index (χ2n) is 4.34. The second-order valence-corrected chi connectivity index (χ2v) is 4.34. The molecule has 1 aromatic heterocycles. The summed E-state index contributed by atoms with van der Waals surface area (Å²) in [5.74, 6) is -0.395. The highest BCUT2D eigenvalue weighted by Crippen LogP contribution is 2.17. The Labute approximate surface area is 105 Å². The maximum absolute atomic E-state index is 11.8. The van der Waals surface area contributed by atoms with Crippen LogP contribution in [0.25, 0.3) is 0 Å². The Bertz CT molecular complexity index is 408. The van der Waals surface area contributed by atoms with Crippen LogP contribution in [0.15, 0.2) is 22.8 Å². The van der Waals surface area contributed by atoms with Crippen molar-refractivity contribution < 1.29 is 19.1 Å². The van der Waals surface area contributed by atoms with E-state index in [0.29, 0.717) is 38.2 Å². The Kier molecular flexibility index (Phi) is 3.86. The lowest BCUT2D eigenvalue weighted by molar-refractivity contribution is -0.143. The van der Waals surface area contributed by atoms with Crippen LogP contribution in [-0.2, 0) is 11.3 Å². The van der Waals surface area contributed by atoms with Crippen LogP contribution in [0.1, 0.15) is 18.6 Å². The van der Waals surface area contributed by atoms with Crippen LogP contribution in [0.2, 0.25) is 0 Å². The summed E-state index contributed by atoms with van der Waals surface area (Å²) in [7, 11) is 0.